The molecule has 0 radical (unpaired) electrons. The molecule has 5 rings (SSSR count). The molecule has 0 bridgehead atoms. The average molecular weight is 432 g/mol. The molecule has 0 aliphatic heterocycles. The predicted molar refractivity (Wildman–Crippen MR) is 117 cm³/mol. The molecular weight excluding hydrogens is 411 g/mol. The number of esters is 1. The summed E-state index contributed by atoms with van der Waals surface area (Å²) in [5, 5.41) is 8.17. The number of rotatable bonds is 5. The summed E-state index contributed by atoms with van der Waals surface area (Å²) in [5.74, 6) is -0.658. The van der Waals surface area contributed by atoms with Crippen LogP contribution < -0.4 is 5.32 Å². The van der Waals surface area contributed by atoms with Crippen LogP contribution in [-0.4, -0.2) is 27.7 Å². The number of anilines is 1. The maximum Gasteiger partial charge on any atom is 0.376 e. The van der Waals surface area contributed by atoms with Crippen LogP contribution in [0, 0.1) is 5.82 Å². The van der Waals surface area contributed by atoms with E-state index in [4.69, 9.17) is 9.26 Å². The van der Waals surface area contributed by atoms with Crippen molar-refractivity contribution in [1.82, 2.24) is 15.1 Å². The number of ether oxygens (including phenoxy) is 1. The first-order valence-corrected chi connectivity index (χ1v) is 10.6. The van der Waals surface area contributed by atoms with E-state index < -0.39 is 5.97 Å². The van der Waals surface area contributed by atoms with Crippen molar-refractivity contribution in [3.63, 3.8) is 0 Å². The fourth-order valence-electron chi connectivity index (χ4n) is 4.12. The van der Waals surface area contributed by atoms with E-state index in [2.05, 4.69) is 32.6 Å². The fourth-order valence-corrected chi connectivity index (χ4v) is 4.12. The molecule has 1 aliphatic rings. The van der Waals surface area contributed by atoms with Crippen molar-refractivity contribution in [1.29, 1.82) is 0 Å². The second-order valence-corrected chi connectivity index (χ2v) is 7.62. The Morgan fingerprint density at radius 3 is 2.81 bits per heavy atom. The standard InChI is InChI=1S/C24H21FN4O3/c1-2-31-24(30)22-27-21(26-18-9-5-7-14-6-3-4-8-17(14)18)19-20(29-32-23(19)28-22)15-10-12-16(25)13-11-15/h3-4,6,8,10-13,18H,2,5,7,9H2,1H3,(H,26,27,28)/t18-/m0/s1. The zero-order valence-corrected chi connectivity index (χ0v) is 17.5. The predicted octanol–water partition coefficient (Wildman–Crippen LogP) is 5.09. The summed E-state index contributed by atoms with van der Waals surface area (Å²) in [5.41, 5.74) is 3.78. The quantitative estimate of drug-likeness (QED) is 0.439. The molecule has 0 fully saturated rings. The number of fused-ring (bicyclic) bond motifs is 2. The third kappa shape index (κ3) is 3.68. The van der Waals surface area contributed by atoms with Gasteiger partial charge in [0.05, 0.1) is 12.6 Å². The molecule has 32 heavy (non-hydrogen) atoms. The monoisotopic (exact) mass is 432 g/mol. The Balaban J connectivity index is 1.64. The van der Waals surface area contributed by atoms with Crippen LogP contribution in [-0.2, 0) is 11.2 Å². The van der Waals surface area contributed by atoms with Crippen molar-refractivity contribution < 1.29 is 18.4 Å². The highest BCUT2D eigenvalue weighted by atomic mass is 19.1. The Bertz CT molecular complexity index is 1290. The number of carbonyl (C=O) groups excluding carboxylic acids is 1. The number of nitrogens with one attached hydrogen (secondary N) is 1. The van der Waals surface area contributed by atoms with E-state index in [1.807, 2.05) is 12.1 Å². The average Bonchev–Trinajstić information content (AvgIpc) is 3.24. The van der Waals surface area contributed by atoms with Crippen molar-refractivity contribution in [3.8, 4) is 11.3 Å². The minimum Gasteiger partial charge on any atom is -0.460 e. The molecule has 8 heteroatoms. The number of halogens is 1. The lowest BCUT2D eigenvalue weighted by molar-refractivity contribution is 0.0512. The summed E-state index contributed by atoms with van der Waals surface area (Å²) in [6.45, 7) is 1.92. The summed E-state index contributed by atoms with van der Waals surface area (Å²) in [6, 6.07) is 14.2. The largest absolute Gasteiger partial charge is 0.460 e. The number of carbonyl (C=O) groups is 1. The molecular formula is C24H21FN4O3. The van der Waals surface area contributed by atoms with E-state index in [1.165, 1.54) is 23.3 Å². The number of hydrogen-bond donors (Lipinski definition) is 1. The van der Waals surface area contributed by atoms with Gasteiger partial charge in [0.1, 0.15) is 22.7 Å². The molecule has 0 amide bonds. The summed E-state index contributed by atoms with van der Waals surface area (Å²) >= 11 is 0. The van der Waals surface area contributed by atoms with Gasteiger partial charge in [0.2, 0.25) is 5.82 Å². The highest BCUT2D eigenvalue weighted by Crippen LogP contribution is 2.37. The molecule has 0 saturated carbocycles. The van der Waals surface area contributed by atoms with Gasteiger partial charge in [-0.2, -0.15) is 4.98 Å². The Kier molecular flexibility index (Phi) is 5.26. The third-order valence-electron chi connectivity index (χ3n) is 5.59. The van der Waals surface area contributed by atoms with Crippen LogP contribution in [0.15, 0.2) is 53.1 Å². The van der Waals surface area contributed by atoms with Crippen LogP contribution in [0.25, 0.3) is 22.4 Å². The number of nitrogens with zero attached hydrogens (tertiary/aromatic N) is 3. The SMILES string of the molecule is CCOC(=O)c1nc(N[C@H]2CCCc3ccccc32)c2c(-c3ccc(F)cc3)noc2n1. The van der Waals surface area contributed by atoms with Gasteiger partial charge in [-0.25, -0.2) is 14.2 Å². The maximum atomic E-state index is 13.5. The van der Waals surface area contributed by atoms with Crippen molar-refractivity contribution in [2.75, 3.05) is 11.9 Å². The van der Waals surface area contributed by atoms with Gasteiger partial charge in [-0.15, -0.1) is 0 Å². The number of aromatic nitrogens is 3. The van der Waals surface area contributed by atoms with Crippen molar-refractivity contribution >= 4 is 22.9 Å². The third-order valence-corrected chi connectivity index (χ3v) is 5.59. The summed E-state index contributed by atoms with van der Waals surface area (Å²) in [7, 11) is 0. The van der Waals surface area contributed by atoms with Crippen LogP contribution in [0.5, 0.6) is 0 Å². The van der Waals surface area contributed by atoms with Crippen molar-refractivity contribution in [2.24, 2.45) is 0 Å². The molecule has 1 aliphatic carbocycles. The van der Waals surface area contributed by atoms with E-state index in [9.17, 15) is 9.18 Å². The molecule has 1 atom stereocenters. The Hall–Kier alpha value is -3.81. The number of aryl methyl sites for hydroxylation is 1. The van der Waals surface area contributed by atoms with Crippen LogP contribution in [0.4, 0.5) is 10.2 Å². The van der Waals surface area contributed by atoms with E-state index in [0.717, 1.165) is 19.3 Å². The molecule has 2 aromatic carbocycles. The highest BCUT2D eigenvalue weighted by molar-refractivity contribution is 6.00. The van der Waals surface area contributed by atoms with E-state index >= 15 is 0 Å². The summed E-state index contributed by atoms with van der Waals surface area (Å²) in [4.78, 5) is 21.1. The van der Waals surface area contributed by atoms with Gasteiger partial charge >= 0.3 is 5.97 Å². The molecule has 1 N–H and O–H groups in total. The van der Waals surface area contributed by atoms with Gasteiger partial charge in [0, 0.05) is 5.56 Å². The topological polar surface area (TPSA) is 90.1 Å². The lowest BCUT2D eigenvalue weighted by atomic mass is 9.87. The van der Waals surface area contributed by atoms with Gasteiger partial charge < -0.3 is 14.6 Å². The minimum absolute atomic E-state index is 0.00376. The first kappa shape index (κ1) is 20.1. The van der Waals surface area contributed by atoms with Crippen LogP contribution >= 0.6 is 0 Å². The lowest BCUT2D eigenvalue weighted by Gasteiger charge is -2.27. The van der Waals surface area contributed by atoms with E-state index in [-0.39, 0.29) is 30.0 Å². The van der Waals surface area contributed by atoms with Crippen molar-refractivity contribution in [3.05, 3.63) is 71.3 Å². The first-order chi connectivity index (χ1) is 15.6. The zero-order chi connectivity index (χ0) is 22.1. The Morgan fingerprint density at radius 2 is 2.00 bits per heavy atom. The lowest BCUT2D eigenvalue weighted by Crippen LogP contribution is -2.19. The molecule has 0 unspecified atom stereocenters. The second-order valence-electron chi connectivity index (χ2n) is 7.62. The smallest absolute Gasteiger partial charge is 0.376 e. The van der Waals surface area contributed by atoms with E-state index in [0.29, 0.717) is 22.5 Å². The van der Waals surface area contributed by atoms with Gasteiger partial charge in [0.15, 0.2) is 0 Å². The number of benzene rings is 2. The molecule has 0 saturated heterocycles. The Labute approximate surface area is 183 Å². The van der Waals surface area contributed by atoms with E-state index in [1.54, 1.807) is 19.1 Å². The summed E-state index contributed by atoms with van der Waals surface area (Å²) in [6.07, 6.45) is 2.96. The maximum absolute atomic E-state index is 13.5. The molecule has 2 aromatic heterocycles. The number of hydrogen-bond acceptors (Lipinski definition) is 7. The van der Waals surface area contributed by atoms with Crippen LogP contribution in [0.3, 0.4) is 0 Å². The van der Waals surface area contributed by atoms with Gasteiger partial charge in [-0.1, -0.05) is 29.4 Å². The molecule has 2 heterocycles. The van der Waals surface area contributed by atoms with Gasteiger partial charge in [0.25, 0.3) is 5.71 Å². The minimum atomic E-state index is -0.638. The molecule has 4 aromatic rings. The molecule has 0 spiro atoms. The normalized spacial score (nSPS) is 15.4. The molecule has 162 valence electrons. The zero-order valence-electron chi connectivity index (χ0n) is 17.5. The second kappa shape index (κ2) is 8.37. The fraction of sp³-hybridized carbons (Fsp3) is 0.250. The van der Waals surface area contributed by atoms with Gasteiger partial charge in [-0.3, -0.25) is 0 Å². The Morgan fingerprint density at radius 1 is 1.19 bits per heavy atom. The van der Waals surface area contributed by atoms with Crippen molar-refractivity contribution in [2.45, 2.75) is 32.2 Å². The molecule has 7 nitrogen and oxygen atoms in total. The van der Waals surface area contributed by atoms with Gasteiger partial charge in [-0.05, 0) is 61.6 Å². The van der Waals surface area contributed by atoms with Crippen LogP contribution in [0.2, 0.25) is 0 Å². The summed E-state index contributed by atoms with van der Waals surface area (Å²) < 4.78 is 24.0. The highest BCUT2D eigenvalue weighted by Gasteiger charge is 2.26. The van der Waals surface area contributed by atoms with Crippen LogP contribution in [0.1, 0.15) is 47.6 Å². The first-order valence-electron chi connectivity index (χ1n) is 10.6.